The van der Waals surface area contributed by atoms with Crippen LogP contribution >= 0.6 is 11.6 Å². The lowest BCUT2D eigenvalue weighted by Crippen LogP contribution is -2.32. The fourth-order valence-electron chi connectivity index (χ4n) is 1.19. The first-order valence-electron chi connectivity index (χ1n) is 4.00. The summed E-state index contributed by atoms with van der Waals surface area (Å²) in [7, 11) is 0. The van der Waals surface area contributed by atoms with Crippen LogP contribution < -0.4 is 9.47 Å². The smallest absolute Gasteiger partial charge is 0.180 e. The van der Waals surface area contributed by atoms with Gasteiger partial charge in [0.05, 0.1) is 11.6 Å². The first-order chi connectivity index (χ1) is 6.31. The zero-order chi connectivity index (χ0) is 9.26. The number of para-hydroxylation sites is 1. The van der Waals surface area contributed by atoms with Crippen LogP contribution in [0.4, 0.5) is 0 Å². The van der Waals surface area contributed by atoms with E-state index in [1.807, 2.05) is 0 Å². The fraction of sp³-hybridized carbons (Fsp3) is 0.333. The lowest BCUT2D eigenvalue weighted by atomic mass is 10.2. The van der Waals surface area contributed by atoms with Crippen LogP contribution in [0.3, 0.4) is 0 Å². The maximum absolute atomic E-state index is 8.86. The Morgan fingerprint density at radius 1 is 1.54 bits per heavy atom. The van der Waals surface area contributed by atoms with Gasteiger partial charge in [-0.1, -0.05) is 17.7 Å². The van der Waals surface area contributed by atoms with E-state index in [4.69, 9.17) is 26.2 Å². The summed E-state index contributed by atoms with van der Waals surface area (Å²) in [6.07, 6.45) is -0.313. The molecule has 2 rings (SSSR count). The number of fused-ring (bicyclic) bond motifs is 1. The van der Waals surface area contributed by atoms with Crippen LogP contribution in [0.25, 0.3) is 0 Å². The quantitative estimate of drug-likeness (QED) is 0.746. The zero-order valence-electron chi connectivity index (χ0n) is 6.87. The number of aliphatic hydroxyl groups excluding tert-OH is 1. The Balaban J connectivity index is 2.32. The molecule has 0 unspecified atom stereocenters. The molecular weight excluding hydrogens is 192 g/mol. The average molecular weight is 201 g/mol. The van der Waals surface area contributed by atoms with Crippen LogP contribution in [-0.2, 0) is 0 Å². The highest BCUT2D eigenvalue weighted by molar-refractivity contribution is 6.32. The molecule has 0 radical (unpaired) electrons. The Hall–Kier alpha value is -0.930. The number of rotatable bonds is 1. The van der Waals surface area contributed by atoms with Gasteiger partial charge in [-0.15, -0.1) is 0 Å². The molecule has 0 aromatic heterocycles. The van der Waals surface area contributed by atoms with E-state index < -0.39 is 0 Å². The van der Waals surface area contributed by atoms with Gasteiger partial charge in [0, 0.05) is 0 Å². The fourth-order valence-corrected chi connectivity index (χ4v) is 1.40. The maximum atomic E-state index is 8.86. The molecule has 1 heterocycles. The van der Waals surface area contributed by atoms with Crippen molar-refractivity contribution >= 4 is 11.6 Å². The summed E-state index contributed by atoms with van der Waals surface area (Å²) in [5, 5.41) is 9.37. The van der Waals surface area contributed by atoms with Crippen molar-refractivity contribution in [3.05, 3.63) is 23.2 Å². The number of halogens is 1. The average Bonchev–Trinajstić information content (AvgIpc) is 2.18. The second-order valence-electron chi connectivity index (χ2n) is 2.80. The maximum Gasteiger partial charge on any atom is 0.180 e. The van der Waals surface area contributed by atoms with E-state index >= 15 is 0 Å². The van der Waals surface area contributed by atoms with Crippen LogP contribution in [0.5, 0.6) is 11.5 Å². The molecule has 1 aromatic rings. The minimum absolute atomic E-state index is 0.0648. The minimum Gasteiger partial charge on any atom is -0.486 e. The van der Waals surface area contributed by atoms with Crippen molar-refractivity contribution in [2.24, 2.45) is 0 Å². The number of aliphatic hydroxyl groups is 1. The molecule has 0 bridgehead atoms. The molecule has 1 aliphatic heterocycles. The van der Waals surface area contributed by atoms with E-state index in [-0.39, 0.29) is 12.7 Å². The largest absolute Gasteiger partial charge is 0.486 e. The SMILES string of the molecule is OC[C@H]1COc2cccc(Cl)c2O1. The van der Waals surface area contributed by atoms with Crippen molar-refractivity contribution in [1.29, 1.82) is 0 Å². The standard InChI is InChI=1S/C9H9ClO3/c10-7-2-1-3-8-9(7)13-6(4-11)5-12-8/h1-3,6,11H,4-5H2/t6-/m0/s1. The van der Waals surface area contributed by atoms with Crippen LogP contribution in [-0.4, -0.2) is 24.4 Å². The normalized spacial score (nSPS) is 20.0. The third-order valence-corrected chi connectivity index (χ3v) is 2.14. The Bertz CT molecular complexity index is 314. The summed E-state index contributed by atoms with van der Waals surface area (Å²) in [5.41, 5.74) is 0. The van der Waals surface area contributed by atoms with Crippen molar-refractivity contribution in [2.45, 2.75) is 6.10 Å². The van der Waals surface area contributed by atoms with Crippen molar-refractivity contribution in [3.8, 4) is 11.5 Å². The zero-order valence-corrected chi connectivity index (χ0v) is 7.62. The summed E-state index contributed by atoms with van der Waals surface area (Å²) >= 11 is 5.88. The van der Waals surface area contributed by atoms with Crippen molar-refractivity contribution in [1.82, 2.24) is 0 Å². The molecule has 0 fully saturated rings. The molecule has 13 heavy (non-hydrogen) atoms. The molecule has 1 N–H and O–H groups in total. The second kappa shape index (κ2) is 3.44. The van der Waals surface area contributed by atoms with Crippen molar-refractivity contribution in [2.75, 3.05) is 13.2 Å². The lowest BCUT2D eigenvalue weighted by Gasteiger charge is -2.25. The number of benzene rings is 1. The number of hydrogen-bond acceptors (Lipinski definition) is 3. The summed E-state index contributed by atoms with van der Waals surface area (Å²) in [4.78, 5) is 0. The molecule has 1 aromatic carbocycles. The Labute approximate surface area is 80.8 Å². The monoisotopic (exact) mass is 200 g/mol. The first kappa shape index (κ1) is 8.66. The molecule has 70 valence electrons. The number of ether oxygens (including phenoxy) is 2. The molecule has 0 saturated carbocycles. The van der Waals surface area contributed by atoms with E-state index in [1.54, 1.807) is 18.2 Å². The van der Waals surface area contributed by atoms with Gasteiger partial charge < -0.3 is 14.6 Å². The minimum atomic E-state index is -0.313. The highest BCUT2D eigenvalue weighted by Gasteiger charge is 2.21. The second-order valence-corrected chi connectivity index (χ2v) is 3.21. The molecule has 4 heteroatoms. The Morgan fingerprint density at radius 2 is 2.38 bits per heavy atom. The van der Waals surface area contributed by atoms with E-state index in [0.717, 1.165) is 0 Å². The summed E-state index contributed by atoms with van der Waals surface area (Å²) < 4.78 is 10.7. The molecule has 0 amide bonds. The summed E-state index contributed by atoms with van der Waals surface area (Å²) in [6, 6.07) is 5.31. The van der Waals surface area contributed by atoms with Crippen molar-refractivity contribution < 1.29 is 14.6 Å². The predicted molar refractivity (Wildman–Crippen MR) is 48.4 cm³/mol. The molecule has 1 aliphatic rings. The van der Waals surface area contributed by atoms with Gasteiger partial charge in [0.15, 0.2) is 17.6 Å². The molecular formula is C9H9ClO3. The Kier molecular flexibility index (Phi) is 2.29. The summed E-state index contributed by atoms with van der Waals surface area (Å²) in [5.74, 6) is 1.16. The highest BCUT2D eigenvalue weighted by atomic mass is 35.5. The van der Waals surface area contributed by atoms with Gasteiger partial charge in [-0.05, 0) is 12.1 Å². The topological polar surface area (TPSA) is 38.7 Å². The highest BCUT2D eigenvalue weighted by Crippen LogP contribution is 2.37. The molecule has 0 aliphatic carbocycles. The van der Waals surface area contributed by atoms with Crippen LogP contribution in [0.15, 0.2) is 18.2 Å². The van der Waals surface area contributed by atoms with Gasteiger partial charge in [0.2, 0.25) is 0 Å². The third-order valence-electron chi connectivity index (χ3n) is 1.84. The van der Waals surface area contributed by atoms with Crippen LogP contribution in [0.2, 0.25) is 5.02 Å². The van der Waals surface area contributed by atoms with E-state index in [1.165, 1.54) is 0 Å². The molecule has 0 spiro atoms. The van der Waals surface area contributed by atoms with Gasteiger partial charge in [0.1, 0.15) is 6.61 Å². The molecule has 3 nitrogen and oxygen atoms in total. The van der Waals surface area contributed by atoms with Gasteiger partial charge in [-0.3, -0.25) is 0 Å². The number of hydrogen-bond donors (Lipinski definition) is 1. The third kappa shape index (κ3) is 1.57. The van der Waals surface area contributed by atoms with Crippen LogP contribution in [0, 0.1) is 0 Å². The summed E-state index contributed by atoms with van der Waals surface area (Å²) in [6.45, 7) is 0.300. The van der Waals surface area contributed by atoms with E-state index in [2.05, 4.69) is 0 Å². The lowest BCUT2D eigenvalue weighted by molar-refractivity contribution is 0.0457. The van der Waals surface area contributed by atoms with Gasteiger partial charge in [-0.25, -0.2) is 0 Å². The first-order valence-corrected chi connectivity index (χ1v) is 4.38. The predicted octanol–water partition coefficient (Wildman–Crippen LogP) is 1.47. The molecule has 1 atom stereocenters. The molecule has 0 saturated heterocycles. The Morgan fingerprint density at radius 3 is 3.15 bits per heavy atom. The van der Waals surface area contributed by atoms with Gasteiger partial charge in [-0.2, -0.15) is 0 Å². The van der Waals surface area contributed by atoms with Gasteiger partial charge >= 0.3 is 0 Å². The van der Waals surface area contributed by atoms with Crippen molar-refractivity contribution in [3.63, 3.8) is 0 Å². The van der Waals surface area contributed by atoms with E-state index in [9.17, 15) is 0 Å². The van der Waals surface area contributed by atoms with Gasteiger partial charge in [0.25, 0.3) is 0 Å². The van der Waals surface area contributed by atoms with Crippen LogP contribution in [0.1, 0.15) is 0 Å². The van der Waals surface area contributed by atoms with E-state index in [0.29, 0.717) is 23.1 Å².